The lowest BCUT2D eigenvalue weighted by molar-refractivity contribution is 0.716. The van der Waals surface area contributed by atoms with Crippen molar-refractivity contribution in [3.8, 4) is 0 Å². The fourth-order valence-corrected chi connectivity index (χ4v) is 1.71. The van der Waals surface area contributed by atoms with Gasteiger partial charge >= 0.3 is 0 Å². The van der Waals surface area contributed by atoms with Crippen LogP contribution in [-0.2, 0) is 13.0 Å². The minimum Gasteiger partial charge on any atom is -0.330 e. The Balaban J connectivity index is 2.17. The highest BCUT2D eigenvalue weighted by Crippen LogP contribution is 2.05. The first-order chi connectivity index (χ1) is 7.79. The van der Waals surface area contributed by atoms with Crippen LogP contribution in [-0.4, -0.2) is 21.1 Å². The standard InChI is InChI=1S/C12H16N4/c1-10-3-2-4-11(15-10)8-16-9-14-7-12(16)5-6-13/h2-4,7,9H,5-6,8,13H2,1H3. The Morgan fingerprint density at radius 3 is 3.00 bits per heavy atom. The number of nitrogens with two attached hydrogens (primary N) is 1. The van der Waals surface area contributed by atoms with Crippen molar-refractivity contribution in [3.63, 3.8) is 0 Å². The summed E-state index contributed by atoms with van der Waals surface area (Å²) in [5.41, 5.74) is 8.80. The lowest BCUT2D eigenvalue weighted by atomic mass is 10.3. The van der Waals surface area contributed by atoms with E-state index < -0.39 is 0 Å². The monoisotopic (exact) mass is 216 g/mol. The van der Waals surface area contributed by atoms with E-state index in [0.717, 1.165) is 30.0 Å². The van der Waals surface area contributed by atoms with Crippen LogP contribution in [0.1, 0.15) is 17.1 Å². The molecular weight excluding hydrogens is 200 g/mol. The van der Waals surface area contributed by atoms with E-state index in [-0.39, 0.29) is 0 Å². The predicted molar refractivity (Wildman–Crippen MR) is 63.1 cm³/mol. The molecule has 0 saturated carbocycles. The van der Waals surface area contributed by atoms with Gasteiger partial charge in [0.15, 0.2) is 0 Å². The summed E-state index contributed by atoms with van der Waals surface area (Å²) in [4.78, 5) is 8.61. The third-order valence-electron chi connectivity index (χ3n) is 2.48. The molecule has 0 aliphatic carbocycles. The fraction of sp³-hybridized carbons (Fsp3) is 0.333. The molecule has 0 radical (unpaired) electrons. The maximum atomic E-state index is 5.55. The Morgan fingerprint density at radius 1 is 1.38 bits per heavy atom. The van der Waals surface area contributed by atoms with Gasteiger partial charge in [0, 0.05) is 24.0 Å². The summed E-state index contributed by atoms with van der Waals surface area (Å²) in [7, 11) is 0. The first kappa shape index (κ1) is 10.8. The molecule has 0 amide bonds. The number of pyridine rings is 1. The van der Waals surface area contributed by atoms with Crippen LogP contribution in [0.2, 0.25) is 0 Å². The molecule has 4 nitrogen and oxygen atoms in total. The molecule has 0 spiro atoms. The van der Waals surface area contributed by atoms with E-state index >= 15 is 0 Å². The second-order valence-corrected chi connectivity index (χ2v) is 3.82. The van der Waals surface area contributed by atoms with E-state index in [0.29, 0.717) is 6.54 Å². The first-order valence-electron chi connectivity index (χ1n) is 5.41. The number of nitrogens with zero attached hydrogens (tertiary/aromatic N) is 3. The molecule has 0 aliphatic heterocycles. The molecule has 2 aromatic heterocycles. The van der Waals surface area contributed by atoms with Gasteiger partial charge in [0.25, 0.3) is 0 Å². The maximum Gasteiger partial charge on any atom is 0.0951 e. The van der Waals surface area contributed by atoms with Gasteiger partial charge in [-0.25, -0.2) is 4.98 Å². The predicted octanol–water partition coefficient (Wildman–Crippen LogP) is 1.14. The van der Waals surface area contributed by atoms with E-state index in [2.05, 4.69) is 14.5 Å². The van der Waals surface area contributed by atoms with Crippen LogP contribution in [0.25, 0.3) is 0 Å². The molecule has 0 saturated heterocycles. The van der Waals surface area contributed by atoms with Gasteiger partial charge in [0.1, 0.15) is 0 Å². The number of aromatic nitrogens is 3. The molecule has 0 aromatic carbocycles. The molecule has 0 unspecified atom stereocenters. The molecule has 0 fully saturated rings. The van der Waals surface area contributed by atoms with Crippen molar-refractivity contribution >= 4 is 0 Å². The number of rotatable bonds is 4. The minimum atomic E-state index is 0.646. The van der Waals surface area contributed by atoms with Gasteiger partial charge in [-0.05, 0) is 25.6 Å². The van der Waals surface area contributed by atoms with Crippen LogP contribution in [0, 0.1) is 6.92 Å². The SMILES string of the molecule is Cc1cccc(Cn2cncc2CCN)n1. The highest BCUT2D eigenvalue weighted by Gasteiger charge is 2.02. The Labute approximate surface area is 95.1 Å². The Hall–Kier alpha value is -1.68. The van der Waals surface area contributed by atoms with E-state index in [4.69, 9.17) is 5.73 Å². The van der Waals surface area contributed by atoms with Crippen LogP contribution in [0.5, 0.6) is 0 Å². The summed E-state index contributed by atoms with van der Waals surface area (Å²) in [6, 6.07) is 6.05. The topological polar surface area (TPSA) is 56.7 Å². The maximum absolute atomic E-state index is 5.55. The third-order valence-corrected chi connectivity index (χ3v) is 2.48. The van der Waals surface area contributed by atoms with Crippen molar-refractivity contribution in [2.75, 3.05) is 6.54 Å². The number of aryl methyl sites for hydroxylation is 1. The molecule has 2 N–H and O–H groups in total. The largest absolute Gasteiger partial charge is 0.330 e. The van der Waals surface area contributed by atoms with Crippen molar-refractivity contribution in [1.29, 1.82) is 0 Å². The van der Waals surface area contributed by atoms with Crippen molar-refractivity contribution in [2.24, 2.45) is 5.73 Å². The van der Waals surface area contributed by atoms with Crippen LogP contribution < -0.4 is 5.73 Å². The van der Waals surface area contributed by atoms with Crippen molar-refractivity contribution in [1.82, 2.24) is 14.5 Å². The molecule has 0 aliphatic rings. The molecule has 84 valence electrons. The molecule has 0 atom stereocenters. The van der Waals surface area contributed by atoms with Crippen molar-refractivity contribution in [2.45, 2.75) is 19.9 Å². The molecular formula is C12H16N4. The zero-order valence-corrected chi connectivity index (χ0v) is 9.43. The molecule has 2 aromatic rings. The summed E-state index contributed by atoms with van der Waals surface area (Å²) in [6.45, 7) is 3.40. The number of imidazole rings is 1. The van der Waals surface area contributed by atoms with Gasteiger partial charge in [-0.2, -0.15) is 0 Å². The molecule has 2 rings (SSSR count). The Kier molecular flexibility index (Phi) is 3.31. The zero-order chi connectivity index (χ0) is 11.4. The minimum absolute atomic E-state index is 0.646. The second-order valence-electron chi connectivity index (χ2n) is 3.82. The van der Waals surface area contributed by atoms with Crippen LogP contribution in [0.3, 0.4) is 0 Å². The van der Waals surface area contributed by atoms with Crippen molar-refractivity contribution < 1.29 is 0 Å². The zero-order valence-electron chi connectivity index (χ0n) is 9.43. The van der Waals surface area contributed by atoms with Gasteiger partial charge in [0.05, 0.1) is 18.6 Å². The molecule has 4 heteroatoms. The van der Waals surface area contributed by atoms with Crippen LogP contribution >= 0.6 is 0 Å². The highest BCUT2D eigenvalue weighted by atomic mass is 15.1. The van der Waals surface area contributed by atoms with E-state index in [1.54, 1.807) is 0 Å². The van der Waals surface area contributed by atoms with Gasteiger partial charge in [-0.1, -0.05) is 6.07 Å². The van der Waals surface area contributed by atoms with Gasteiger partial charge < -0.3 is 10.3 Å². The fourth-order valence-electron chi connectivity index (χ4n) is 1.71. The summed E-state index contributed by atoms with van der Waals surface area (Å²) >= 11 is 0. The molecule has 2 heterocycles. The van der Waals surface area contributed by atoms with Gasteiger partial charge in [0.2, 0.25) is 0 Å². The van der Waals surface area contributed by atoms with Crippen LogP contribution in [0.4, 0.5) is 0 Å². The van der Waals surface area contributed by atoms with E-state index in [1.807, 2.05) is 37.6 Å². The smallest absolute Gasteiger partial charge is 0.0951 e. The first-order valence-corrected chi connectivity index (χ1v) is 5.41. The van der Waals surface area contributed by atoms with Crippen molar-refractivity contribution in [3.05, 3.63) is 47.8 Å². The number of hydrogen-bond acceptors (Lipinski definition) is 3. The summed E-state index contributed by atoms with van der Waals surface area (Å²) in [5, 5.41) is 0. The van der Waals surface area contributed by atoms with E-state index in [1.165, 1.54) is 0 Å². The normalized spacial score (nSPS) is 10.6. The molecule has 16 heavy (non-hydrogen) atoms. The van der Waals surface area contributed by atoms with Crippen LogP contribution in [0.15, 0.2) is 30.7 Å². The summed E-state index contributed by atoms with van der Waals surface area (Å²) < 4.78 is 2.09. The average Bonchev–Trinajstić information content (AvgIpc) is 2.66. The lowest BCUT2D eigenvalue weighted by Crippen LogP contribution is -2.10. The third kappa shape index (κ3) is 2.46. The summed E-state index contributed by atoms with van der Waals surface area (Å²) in [6.07, 6.45) is 4.55. The Bertz CT molecular complexity index is 462. The highest BCUT2D eigenvalue weighted by molar-refractivity contribution is 5.11. The quantitative estimate of drug-likeness (QED) is 0.833. The van der Waals surface area contributed by atoms with Gasteiger partial charge in [-0.15, -0.1) is 0 Å². The Morgan fingerprint density at radius 2 is 2.25 bits per heavy atom. The van der Waals surface area contributed by atoms with E-state index in [9.17, 15) is 0 Å². The van der Waals surface area contributed by atoms with Gasteiger partial charge in [-0.3, -0.25) is 4.98 Å². The average molecular weight is 216 g/mol. The summed E-state index contributed by atoms with van der Waals surface area (Å²) in [5.74, 6) is 0. The second kappa shape index (κ2) is 4.90. The number of hydrogen-bond donors (Lipinski definition) is 1. The molecule has 0 bridgehead atoms. The lowest BCUT2D eigenvalue weighted by Gasteiger charge is -2.07.